The Balaban J connectivity index is 1.60. The minimum Gasteiger partial charge on any atom is -0.492 e. The van der Waals surface area contributed by atoms with Crippen LogP contribution in [0.4, 0.5) is 4.39 Å². The fraction of sp³-hybridized carbons (Fsp3) is 0.280. The van der Waals surface area contributed by atoms with Crippen LogP contribution in [0.25, 0.3) is 11.3 Å². The summed E-state index contributed by atoms with van der Waals surface area (Å²) in [6, 6.07) is 11.8. The van der Waals surface area contributed by atoms with Crippen LogP contribution in [-0.2, 0) is 13.2 Å². The molecule has 0 atom stereocenters. The van der Waals surface area contributed by atoms with Crippen molar-refractivity contribution < 1.29 is 19.0 Å². The summed E-state index contributed by atoms with van der Waals surface area (Å²) in [5.41, 5.74) is 3.26. The Morgan fingerprint density at radius 3 is 2.81 bits per heavy atom. The molecule has 0 radical (unpaired) electrons. The summed E-state index contributed by atoms with van der Waals surface area (Å²) in [5, 5.41) is 12.8. The third-order valence-electron chi connectivity index (χ3n) is 5.52. The number of aliphatic hydroxyl groups excluding tert-OH is 1. The van der Waals surface area contributed by atoms with Crippen LogP contribution in [0.15, 0.2) is 48.7 Å². The average molecular weight is 455 g/mol. The molecule has 1 aliphatic rings. The Labute approximate surface area is 191 Å². The number of ether oxygens (including phenoxy) is 1. The van der Waals surface area contributed by atoms with Gasteiger partial charge in [-0.2, -0.15) is 0 Å². The lowest BCUT2D eigenvalue weighted by Gasteiger charge is -2.14. The first-order valence-electron chi connectivity index (χ1n) is 10.5. The van der Waals surface area contributed by atoms with E-state index in [4.69, 9.17) is 16.3 Å². The number of hydrogen-bond donors (Lipinski definition) is 2. The Bertz CT molecular complexity index is 1120. The third-order valence-corrected chi connectivity index (χ3v) is 5.92. The van der Waals surface area contributed by atoms with E-state index in [1.165, 1.54) is 6.07 Å². The summed E-state index contributed by atoms with van der Waals surface area (Å²) in [4.78, 5) is 17.5. The third kappa shape index (κ3) is 5.09. The van der Waals surface area contributed by atoms with Gasteiger partial charge in [0.05, 0.1) is 24.5 Å². The normalized spacial score (nSPS) is 13.1. The highest BCUT2D eigenvalue weighted by atomic mass is 35.5. The van der Waals surface area contributed by atoms with E-state index in [1.54, 1.807) is 43.5 Å². The number of amides is 1. The van der Waals surface area contributed by atoms with E-state index in [0.29, 0.717) is 56.8 Å². The molecule has 166 valence electrons. The molecule has 0 spiro atoms. The van der Waals surface area contributed by atoms with E-state index in [1.807, 2.05) is 6.07 Å². The molecule has 0 unspecified atom stereocenters. The first kappa shape index (κ1) is 22.2. The maximum absolute atomic E-state index is 14.0. The van der Waals surface area contributed by atoms with Crippen LogP contribution >= 0.6 is 11.6 Å². The number of halogens is 2. The number of aromatic nitrogens is 1. The van der Waals surface area contributed by atoms with Gasteiger partial charge in [0.2, 0.25) is 0 Å². The molecule has 1 aliphatic carbocycles. The zero-order valence-electron chi connectivity index (χ0n) is 17.7. The Hall–Kier alpha value is -2.96. The summed E-state index contributed by atoms with van der Waals surface area (Å²) in [7, 11) is 0. The van der Waals surface area contributed by atoms with Gasteiger partial charge in [0.1, 0.15) is 11.6 Å². The van der Waals surface area contributed by atoms with Crippen molar-refractivity contribution in [1.82, 2.24) is 10.3 Å². The van der Waals surface area contributed by atoms with E-state index >= 15 is 0 Å². The maximum Gasteiger partial charge on any atom is 0.255 e. The standard InChI is InChI=1S/C25H24ClFN2O3/c1-15-21(26)9-17(10-22(15)27)12-29-25(31)20-11-18(24-19(13-30)3-2-8-28-24)6-7-23(20)32-14-16-4-5-16/h2-3,6-11,16,30H,4-5,12-14H2,1H3,(H,29,31). The smallest absolute Gasteiger partial charge is 0.255 e. The highest BCUT2D eigenvalue weighted by Gasteiger charge is 2.23. The fourth-order valence-corrected chi connectivity index (χ4v) is 3.61. The minimum absolute atomic E-state index is 0.119. The first-order valence-corrected chi connectivity index (χ1v) is 10.9. The molecule has 2 N–H and O–H groups in total. The van der Waals surface area contributed by atoms with Gasteiger partial charge >= 0.3 is 0 Å². The molecule has 1 aromatic heterocycles. The van der Waals surface area contributed by atoms with E-state index in [2.05, 4.69) is 10.3 Å². The van der Waals surface area contributed by atoms with Crippen molar-refractivity contribution in [3.8, 4) is 17.0 Å². The predicted molar refractivity (Wildman–Crippen MR) is 121 cm³/mol. The quantitative estimate of drug-likeness (QED) is 0.499. The molecular formula is C25H24ClFN2O3. The minimum atomic E-state index is -0.413. The van der Waals surface area contributed by atoms with Crippen molar-refractivity contribution in [2.45, 2.75) is 32.9 Å². The van der Waals surface area contributed by atoms with Gasteiger partial charge in [0.25, 0.3) is 5.91 Å². The maximum atomic E-state index is 14.0. The van der Waals surface area contributed by atoms with E-state index in [0.717, 1.165) is 12.8 Å². The van der Waals surface area contributed by atoms with E-state index in [9.17, 15) is 14.3 Å². The summed E-state index contributed by atoms with van der Waals surface area (Å²) < 4.78 is 19.9. The van der Waals surface area contributed by atoms with Gasteiger partial charge < -0.3 is 15.2 Å². The van der Waals surface area contributed by atoms with Crippen molar-refractivity contribution in [3.63, 3.8) is 0 Å². The molecule has 0 bridgehead atoms. The monoisotopic (exact) mass is 454 g/mol. The zero-order valence-corrected chi connectivity index (χ0v) is 18.5. The number of nitrogens with one attached hydrogen (secondary N) is 1. The number of rotatable bonds is 8. The largest absolute Gasteiger partial charge is 0.492 e. The van der Waals surface area contributed by atoms with Gasteiger partial charge in [-0.25, -0.2) is 4.39 Å². The summed E-state index contributed by atoms with van der Waals surface area (Å²) in [6.45, 7) is 2.12. The lowest BCUT2D eigenvalue weighted by atomic mass is 10.0. The van der Waals surface area contributed by atoms with Crippen LogP contribution in [0.3, 0.4) is 0 Å². The SMILES string of the molecule is Cc1c(F)cc(CNC(=O)c2cc(-c3ncccc3CO)ccc2OCC2CC2)cc1Cl. The van der Waals surface area contributed by atoms with E-state index < -0.39 is 5.82 Å². The molecule has 2 aromatic carbocycles. The second-order valence-corrected chi connectivity index (χ2v) is 8.41. The number of nitrogens with zero attached hydrogens (tertiary/aromatic N) is 1. The number of benzene rings is 2. The van der Waals surface area contributed by atoms with Crippen LogP contribution in [-0.4, -0.2) is 22.6 Å². The van der Waals surface area contributed by atoms with Crippen LogP contribution in [0, 0.1) is 18.7 Å². The number of hydrogen-bond acceptors (Lipinski definition) is 4. The van der Waals surface area contributed by atoms with Gasteiger partial charge in [0, 0.05) is 34.5 Å². The average Bonchev–Trinajstić information content (AvgIpc) is 3.64. The first-order chi connectivity index (χ1) is 15.5. The topological polar surface area (TPSA) is 71.5 Å². The van der Waals surface area contributed by atoms with Gasteiger partial charge in [-0.15, -0.1) is 0 Å². The van der Waals surface area contributed by atoms with Crippen LogP contribution in [0.1, 0.15) is 39.9 Å². The zero-order chi connectivity index (χ0) is 22.7. The molecule has 0 aliphatic heterocycles. The Kier molecular flexibility index (Phi) is 6.72. The highest BCUT2D eigenvalue weighted by molar-refractivity contribution is 6.31. The highest BCUT2D eigenvalue weighted by Crippen LogP contribution is 2.32. The molecule has 1 heterocycles. The summed E-state index contributed by atoms with van der Waals surface area (Å²) in [5.74, 6) is 0.243. The molecule has 5 nitrogen and oxygen atoms in total. The molecule has 0 saturated heterocycles. The number of carbonyl (C=O) groups is 1. The van der Waals surface area contributed by atoms with Gasteiger partial charge in [-0.3, -0.25) is 9.78 Å². The molecule has 1 fully saturated rings. The summed E-state index contributed by atoms with van der Waals surface area (Å²) in [6.07, 6.45) is 3.90. The molecule has 1 amide bonds. The molecule has 32 heavy (non-hydrogen) atoms. The van der Waals surface area contributed by atoms with Gasteiger partial charge in [-0.05, 0) is 67.6 Å². The van der Waals surface area contributed by atoms with E-state index in [-0.39, 0.29) is 19.1 Å². The van der Waals surface area contributed by atoms with Gasteiger partial charge in [-0.1, -0.05) is 17.7 Å². The number of carbonyl (C=O) groups excluding carboxylic acids is 1. The summed E-state index contributed by atoms with van der Waals surface area (Å²) >= 11 is 6.07. The van der Waals surface area contributed by atoms with Crippen molar-refractivity contribution >= 4 is 17.5 Å². The van der Waals surface area contributed by atoms with Crippen LogP contribution in [0.5, 0.6) is 5.75 Å². The number of aliphatic hydroxyl groups is 1. The van der Waals surface area contributed by atoms with Gasteiger partial charge in [0.15, 0.2) is 0 Å². The molecular weight excluding hydrogens is 431 g/mol. The molecule has 4 rings (SSSR count). The molecule has 1 saturated carbocycles. The Morgan fingerprint density at radius 2 is 2.09 bits per heavy atom. The molecule has 3 aromatic rings. The Morgan fingerprint density at radius 1 is 1.28 bits per heavy atom. The number of pyridine rings is 1. The van der Waals surface area contributed by atoms with Crippen molar-refractivity contribution in [3.05, 3.63) is 81.8 Å². The molecule has 7 heteroatoms. The second-order valence-electron chi connectivity index (χ2n) is 8.00. The van der Waals surface area contributed by atoms with Crippen LogP contribution < -0.4 is 10.1 Å². The lowest BCUT2D eigenvalue weighted by Crippen LogP contribution is -2.24. The lowest BCUT2D eigenvalue weighted by molar-refractivity contribution is 0.0946. The predicted octanol–water partition coefficient (Wildman–Crippen LogP) is 5.06. The van der Waals surface area contributed by atoms with Crippen molar-refractivity contribution in [2.24, 2.45) is 5.92 Å². The van der Waals surface area contributed by atoms with Crippen LogP contribution in [0.2, 0.25) is 5.02 Å². The second kappa shape index (κ2) is 9.67. The van der Waals surface area contributed by atoms with Crippen molar-refractivity contribution in [1.29, 1.82) is 0 Å². The van der Waals surface area contributed by atoms with Crippen molar-refractivity contribution in [2.75, 3.05) is 6.61 Å². The fourth-order valence-electron chi connectivity index (χ4n) is 3.38.